The Bertz CT molecular complexity index is 296. The molecule has 3 aliphatic rings. The van der Waals surface area contributed by atoms with Crippen molar-refractivity contribution in [3.63, 3.8) is 0 Å². The Morgan fingerprint density at radius 3 is 2.47 bits per heavy atom. The Hall–Kier alpha value is -0.810. The van der Waals surface area contributed by atoms with E-state index in [0.717, 1.165) is 32.5 Å². The van der Waals surface area contributed by atoms with Gasteiger partial charge in [-0.15, -0.1) is 0 Å². The second-order valence-electron chi connectivity index (χ2n) is 5.33. The fourth-order valence-electron chi connectivity index (χ4n) is 2.40. The lowest BCUT2D eigenvalue weighted by Gasteiger charge is -2.44. The van der Waals surface area contributed by atoms with Crippen molar-refractivity contribution < 1.29 is 14.6 Å². The minimum Gasteiger partial charge on any atom is -0.446 e. The van der Waals surface area contributed by atoms with Crippen LogP contribution in [0.2, 0.25) is 0 Å². The molecular formula is C12H20N2O3. The highest BCUT2D eigenvalue weighted by Crippen LogP contribution is 2.32. The third kappa shape index (κ3) is 2.55. The molecule has 3 fully saturated rings. The normalized spacial score (nSPS) is 24.9. The number of aliphatic hydroxyl groups excluding tert-OH is 1. The minimum atomic E-state index is -0.150. The van der Waals surface area contributed by atoms with Crippen LogP contribution in [-0.4, -0.2) is 65.4 Å². The van der Waals surface area contributed by atoms with Crippen molar-refractivity contribution in [3.05, 3.63) is 0 Å². The van der Waals surface area contributed by atoms with E-state index in [1.54, 1.807) is 4.90 Å². The molecule has 1 aliphatic heterocycles. The van der Waals surface area contributed by atoms with Gasteiger partial charge in [0, 0.05) is 31.7 Å². The molecule has 1 N–H and O–H groups in total. The van der Waals surface area contributed by atoms with Gasteiger partial charge in [0.05, 0.1) is 6.61 Å². The lowest BCUT2D eigenvalue weighted by molar-refractivity contribution is 0.00980. The van der Waals surface area contributed by atoms with Gasteiger partial charge in [-0.25, -0.2) is 4.79 Å². The highest BCUT2D eigenvalue weighted by atomic mass is 16.6. The monoisotopic (exact) mass is 240 g/mol. The van der Waals surface area contributed by atoms with Crippen molar-refractivity contribution in [3.8, 4) is 0 Å². The lowest BCUT2D eigenvalue weighted by Crippen LogP contribution is -2.62. The van der Waals surface area contributed by atoms with Gasteiger partial charge in [-0.2, -0.15) is 0 Å². The molecule has 96 valence electrons. The maximum Gasteiger partial charge on any atom is 0.410 e. The fraction of sp³-hybridized carbons (Fsp3) is 0.917. The quantitative estimate of drug-likeness (QED) is 0.757. The highest BCUT2D eigenvalue weighted by molar-refractivity contribution is 5.69. The van der Waals surface area contributed by atoms with Crippen LogP contribution in [0.15, 0.2) is 0 Å². The maximum absolute atomic E-state index is 11.6. The topological polar surface area (TPSA) is 53.0 Å². The van der Waals surface area contributed by atoms with E-state index in [9.17, 15) is 4.79 Å². The molecule has 0 spiro atoms. The van der Waals surface area contributed by atoms with Crippen LogP contribution in [0.25, 0.3) is 0 Å². The molecule has 17 heavy (non-hydrogen) atoms. The van der Waals surface area contributed by atoms with Crippen LogP contribution in [0.4, 0.5) is 4.79 Å². The summed E-state index contributed by atoms with van der Waals surface area (Å²) in [6.07, 6.45) is 4.58. The van der Waals surface area contributed by atoms with Crippen LogP contribution in [0.5, 0.6) is 0 Å². The molecule has 2 aliphatic carbocycles. The van der Waals surface area contributed by atoms with E-state index in [1.807, 2.05) is 0 Å². The lowest BCUT2D eigenvalue weighted by atomic mass is 10.1. The van der Waals surface area contributed by atoms with Crippen molar-refractivity contribution in [1.29, 1.82) is 0 Å². The molecule has 0 aromatic heterocycles. The van der Waals surface area contributed by atoms with E-state index in [-0.39, 0.29) is 18.8 Å². The summed E-state index contributed by atoms with van der Waals surface area (Å²) in [5.74, 6) is 0. The summed E-state index contributed by atoms with van der Waals surface area (Å²) in [6, 6.07) is 1.08. The molecule has 2 saturated carbocycles. The summed E-state index contributed by atoms with van der Waals surface area (Å²) in [6.45, 7) is 2.48. The molecular weight excluding hydrogens is 220 g/mol. The molecule has 0 bridgehead atoms. The number of likely N-dealkylation sites (tertiary alicyclic amines) is 1. The first-order valence-electron chi connectivity index (χ1n) is 6.60. The molecule has 0 aromatic rings. The second kappa shape index (κ2) is 4.46. The summed E-state index contributed by atoms with van der Waals surface area (Å²) >= 11 is 0. The van der Waals surface area contributed by atoms with Gasteiger partial charge >= 0.3 is 6.09 Å². The van der Waals surface area contributed by atoms with Crippen LogP contribution in [0, 0.1) is 0 Å². The standard InChI is InChI=1S/C12H20N2O3/c15-6-5-14(9-1-2-9)10-7-13(8-10)12(16)17-11-3-4-11/h9-11,15H,1-8H2. The second-order valence-corrected chi connectivity index (χ2v) is 5.33. The van der Waals surface area contributed by atoms with E-state index in [0.29, 0.717) is 12.1 Å². The summed E-state index contributed by atoms with van der Waals surface area (Å²) in [5.41, 5.74) is 0. The zero-order valence-electron chi connectivity index (χ0n) is 10.0. The van der Waals surface area contributed by atoms with Crippen LogP contribution in [-0.2, 0) is 4.74 Å². The first-order chi connectivity index (χ1) is 8.28. The molecule has 0 atom stereocenters. The largest absolute Gasteiger partial charge is 0.446 e. The number of hydrogen-bond acceptors (Lipinski definition) is 4. The summed E-state index contributed by atoms with van der Waals surface area (Å²) in [5, 5.41) is 9.04. The van der Waals surface area contributed by atoms with E-state index >= 15 is 0 Å². The molecule has 0 radical (unpaired) electrons. The summed E-state index contributed by atoms with van der Waals surface area (Å²) in [7, 11) is 0. The Kier molecular flexibility index (Phi) is 2.96. The number of amides is 1. The third-order valence-corrected chi connectivity index (χ3v) is 3.76. The SMILES string of the molecule is O=C(OC1CC1)N1CC(N(CCO)C2CC2)C1. The first-order valence-corrected chi connectivity index (χ1v) is 6.60. The van der Waals surface area contributed by atoms with Crippen LogP contribution < -0.4 is 0 Å². The summed E-state index contributed by atoms with van der Waals surface area (Å²) in [4.78, 5) is 15.7. The highest BCUT2D eigenvalue weighted by Gasteiger charge is 2.42. The number of hydrogen-bond donors (Lipinski definition) is 1. The average Bonchev–Trinajstić information content (AvgIpc) is 3.08. The van der Waals surface area contributed by atoms with Crippen molar-refractivity contribution >= 4 is 6.09 Å². The Balaban J connectivity index is 1.43. The summed E-state index contributed by atoms with van der Waals surface area (Å²) < 4.78 is 5.25. The molecule has 1 amide bonds. The first kappa shape index (κ1) is 11.3. The van der Waals surface area contributed by atoms with E-state index < -0.39 is 0 Å². The van der Waals surface area contributed by atoms with E-state index in [1.165, 1.54) is 12.8 Å². The van der Waals surface area contributed by atoms with Crippen LogP contribution in [0.3, 0.4) is 0 Å². The maximum atomic E-state index is 11.6. The van der Waals surface area contributed by atoms with Gasteiger partial charge in [0.25, 0.3) is 0 Å². The number of rotatable bonds is 5. The smallest absolute Gasteiger partial charge is 0.410 e. The van der Waals surface area contributed by atoms with Gasteiger partial charge in [0.2, 0.25) is 0 Å². The van der Waals surface area contributed by atoms with Crippen molar-refractivity contribution in [2.24, 2.45) is 0 Å². The number of nitrogens with zero attached hydrogens (tertiary/aromatic N) is 2. The van der Waals surface area contributed by atoms with Gasteiger partial charge in [-0.3, -0.25) is 4.90 Å². The molecule has 1 saturated heterocycles. The van der Waals surface area contributed by atoms with E-state index in [2.05, 4.69) is 4.90 Å². The molecule has 0 unspecified atom stereocenters. The molecule has 5 nitrogen and oxygen atoms in total. The number of ether oxygens (including phenoxy) is 1. The Labute approximate surface area is 101 Å². The molecule has 5 heteroatoms. The van der Waals surface area contributed by atoms with Crippen LogP contribution in [0.1, 0.15) is 25.7 Å². The fourth-order valence-corrected chi connectivity index (χ4v) is 2.40. The number of aliphatic hydroxyl groups is 1. The molecule has 3 rings (SSSR count). The van der Waals surface area contributed by atoms with E-state index in [4.69, 9.17) is 9.84 Å². The van der Waals surface area contributed by atoms with Crippen molar-refractivity contribution in [1.82, 2.24) is 9.80 Å². The van der Waals surface area contributed by atoms with Gasteiger partial charge in [-0.05, 0) is 25.7 Å². The van der Waals surface area contributed by atoms with Gasteiger partial charge < -0.3 is 14.7 Å². The third-order valence-electron chi connectivity index (χ3n) is 3.76. The molecule has 0 aromatic carbocycles. The van der Waals surface area contributed by atoms with Gasteiger partial charge in [-0.1, -0.05) is 0 Å². The van der Waals surface area contributed by atoms with Crippen molar-refractivity contribution in [2.45, 2.75) is 43.9 Å². The number of carbonyl (C=O) groups excluding carboxylic acids is 1. The van der Waals surface area contributed by atoms with Gasteiger partial charge in [0.15, 0.2) is 0 Å². The molecule has 1 heterocycles. The van der Waals surface area contributed by atoms with Gasteiger partial charge in [0.1, 0.15) is 6.10 Å². The predicted octanol–water partition coefficient (Wildman–Crippen LogP) is 0.426. The predicted molar refractivity (Wildman–Crippen MR) is 61.7 cm³/mol. The van der Waals surface area contributed by atoms with Crippen LogP contribution >= 0.6 is 0 Å². The minimum absolute atomic E-state index is 0.150. The number of carbonyl (C=O) groups is 1. The zero-order valence-corrected chi connectivity index (χ0v) is 10.0. The van der Waals surface area contributed by atoms with Crippen molar-refractivity contribution in [2.75, 3.05) is 26.2 Å². The zero-order chi connectivity index (χ0) is 11.8. The Morgan fingerprint density at radius 1 is 1.24 bits per heavy atom. The average molecular weight is 240 g/mol. The Morgan fingerprint density at radius 2 is 1.94 bits per heavy atom.